The third-order valence-electron chi connectivity index (χ3n) is 4.24. The van der Waals surface area contributed by atoms with E-state index in [1.54, 1.807) is 6.07 Å². The van der Waals surface area contributed by atoms with Gasteiger partial charge in [0, 0.05) is 24.0 Å². The van der Waals surface area contributed by atoms with Gasteiger partial charge in [0.25, 0.3) is 0 Å². The first-order valence-electron chi connectivity index (χ1n) is 8.61. The van der Waals surface area contributed by atoms with E-state index in [0.717, 1.165) is 48.2 Å². The zero-order valence-corrected chi connectivity index (χ0v) is 16.0. The molecule has 3 rings (SSSR count). The molecule has 0 amide bonds. The van der Waals surface area contributed by atoms with Crippen LogP contribution in [0.3, 0.4) is 0 Å². The molecule has 0 unspecified atom stereocenters. The third-order valence-corrected chi connectivity index (χ3v) is 5.06. The number of hydrogen-bond donors (Lipinski definition) is 0. The van der Waals surface area contributed by atoms with Crippen LogP contribution in [-0.4, -0.2) is 23.1 Å². The summed E-state index contributed by atoms with van der Waals surface area (Å²) >= 11 is 12.6. The molecular weight excluding hydrogens is 353 g/mol. The minimum Gasteiger partial charge on any atom is -0.356 e. The second kappa shape index (κ2) is 8.03. The van der Waals surface area contributed by atoms with Crippen molar-refractivity contribution in [3.63, 3.8) is 0 Å². The largest absolute Gasteiger partial charge is 0.356 e. The van der Waals surface area contributed by atoms with E-state index in [1.807, 2.05) is 30.3 Å². The summed E-state index contributed by atoms with van der Waals surface area (Å²) in [4.78, 5) is 11.9. The Morgan fingerprint density at radius 3 is 2.52 bits per heavy atom. The predicted octanol–water partition coefficient (Wildman–Crippen LogP) is 6.23. The monoisotopic (exact) mass is 373 g/mol. The zero-order valence-electron chi connectivity index (χ0n) is 14.5. The lowest BCUT2D eigenvalue weighted by molar-refractivity contribution is 0.726. The lowest BCUT2D eigenvalue weighted by Crippen LogP contribution is -2.25. The Labute approximate surface area is 158 Å². The van der Waals surface area contributed by atoms with Crippen molar-refractivity contribution >= 4 is 39.9 Å². The van der Waals surface area contributed by atoms with Crippen LogP contribution in [-0.2, 0) is 0 Å². The molecule has 0 fully saturated rings. The van der Waals surface area contributed by atoms with E-state index in [2.05, 4.69) is 24.8 Å². The van der Waals surface area contributed by atoms with Crippen molar-refractivity contribution < 1.29 is 0 Å². The van der Waals surface area contributed by atoms with Gasteiger partial charge in [-0.1, -0.05) is 54.7 Å². The number of para-hydroxylation sites is 1. The Morgan fingerprint density at radius 2 is 1.76 bits per heavy atom. The fourth-order valence-corrected chi connectivity index (χ4v) is 3.25. The maximum absolute atomic E-state index is 6.40. The first-order chi connectivity index (χ1) is 12.2. The molecular formula is C20H21Cl2N3. The number of fused-ring (bicyclic) bond motifs is 1. The number of benzene rings is 2. The number of halogens is 2. The molecule has 5 heteroatoms. The minimum absolute atomic E-state index is 0.488. The molecule has 1 heterocycles. The molecule has 0 aliphatic carbocycles. The van der Waals surface area contributed by atoms with Crippen LogP contribution in [0.2, 0.25) is 10.0 Å². The summed E-state index contributed by atoms with van der Waals surface area (Å²) in [5, 5.41) is 2.06. The van der Waals surface area contributed by atoms with Gasteiger partial charge < -0.3 is 4.90 Å². The maximum atomic E-state index is 6.40. The van der Waals surface area contributed by atoms with Crippen molar-refractivity contribution in [2.75, 3.05) is 18.0 Å². The van der Waals surface area contributed by atoms with Crippen LogP contribution in [0, 0.1) is 0 Å². The zero-order chi connectivity index (χ0) is 17.8. The molecule has 3 aromatic rings. The highest BCUT2D eigenvalue weighted by Gasteiger charge is 2.16. The quantitative estimate of drug-likeness (QED) is 0.512. The summed E-state index contributed by atoms with van der Waals surface area (Å²) in [6.07, 6.45) is 2.27. The fourth-order valence-electron chi connectivity index (χ4n) is 2.86. The van der Waals surface area contributed by atoms with Crippen molar-refractivity contribution in [1.82, 2.24) is 9.97 Å². The second-order valence-corrected chi connectivity index (χ2v) is 6.71. The van der Waals surface area contributed by atoms with Gasteiger partial charge in [0.15, 0.2) is 5.82 Å². The predicted molar refractivity (Wildman–Crippen MR) is 108 cm³/mol. The fraction of sp³-hybridized carbons (Fsp3) is 0.300. The molecule has 0 saturated carbocycles. The smallest absolute Gasteiger partial charge is 0.163 e. The summed E-state index contributed by atoms with van der Waals surface area (Å²) in [7, 11) is 0. The Bertz CT molecular complexity index is 880. The first-order valence-corrected chi connectivity index (χ1v) is 9.37. The Balaban J connectivity index is 2.20. The number of anilines is 1. The Kier molecular flexibility index (Phi) is 5.77. The maximum Gasteiger partial charge on any atom is 0.163 e. The van der Waals surface area contributed by atoms with Gasteiger partial charge in [0.1, 0.15) is 5.82 Å². The van der Waals surface area contributed by atoms with Gasteiger partial charge >= 0.3 is 0 Å². The van der Waals surface area contributed by atoms with Gasteiger partial charge in [-0.3, -0.25) is 0 Å². The van der Waals surface area contributed by atoms with E-state index >= 15 is 0 Å². The normalized spacial score (nSPS) is 11.0. The molecule has 0 aliphatic rings. The van der Waals surface area contributed by atoms with E-state index in [1.165, 1.54) is 0 Å². The van der Waals surface area contributed by atoms with Crippen molar-refractivity contribution in [1.29, 1.82) is 0 Å². The van der Waals surface area contributed by atoms with Crippen LogP contribution < -0.4 is 4.90 Å². The molecule has 25 heavy (non-hydrogen) atoms. The summed E-state index contributed by atoms with van der Waals surface area (Å²) < 4.78 is 0. The van der Waals surface area contributed by atoms with Crippen molar-refractivity contribution in [2.45, 2.75) is 26.7 Å². The first kappa shape index (κ1) is 18.0. The molecule has 1 aromatic heterocycles. The van der Waals surface area contributed by atoms with Crippen LogP contribution in [0.25, 0.3) is 22.3 Å². The third kappa shape index (κ3) is 3.73. The number of unbranched alkanes of at least 4 members (excludes halogenated alkanes) is 1. The summed E-state index contributed by atoms with van der Waals surface area (Å²) in [5.41, 5.74) is 1.67. The van der Waals surface area contributed by atoms with Crippen LogP contribution in [0.15, 0.2) is 42.5 Å². The van der Waals surface area contributed by atoms with E-state index in [4.69, 9.17) is 33.2 Å². The van der Waals surface area contributed by atoms with Crippen LogP contribution in [0.1, 0.15) is 26.7 Å². The Hall–Kier alpha value is -1.84. The number of hydrogen-bond acceptors (Lipinski definition) is 3. The average Bonchev–Trinajstić information content (AvgIpc) is 2.64. The lowest BCUT2D eigenvalue weighted by atomic mass is 10.1. The van der Waals surface area contributed by atoms with E-state index in [0.29, 0.717) is 15.9 Å². The molecule has 0 atom stereocenters. The van der Waals surface area contributed by atoms with Crippen LogP contribution >= 0.6 is 23.2 Å². The molecule has 0 N–H and O–H groups in total. The van der Waals surface area contributed by atoms with Crippen LogP contribution in [0.5, 0.6) is 0 Å². The average molecular weight is 374 g/mol. The molecule has 130 valence electrons. The SMILES string of the molecule is CCCCN(CC)c1nc(-c2cccc(Cl)c2Cl)nc2ccccc12. The van der Waals surface area contributed by atoms with Gasteiger partial charge in [-0.05, 0) is 37.6 Å². The van der Waals surface area contributed by atoms with E-state index in [9.17, 15) is 0 Å². The molecule has 2 aromatic carbocycles. The van der Waals surface area contributed by atoms with Gasteiger partial charge in [-0.2, -0.15) is 0 Å². The standard InChI is InChI=1S/C20H21Cl2N3/c1-3-5-13-25(4-2)20-14-9-6-7-12-17(14)23-19(24-20)15-10-8-11-16(21)18(15)22/h6-12H,3-5,13H2,1-2H3. The molecule has 0 radical (unpaired) electrons. The number of nitrogens with zero attached hydrogens (tertiary/aromatic N) is 3. The number of aromatic nitrogens is 2. The molecule has 3 nitrogen and oxygen atoms in total. The molecule has 0 bridgehead atoms. The van der Waals surface area contributed by atoms with Crippen molar-refractivity contribution in [2.24, 2.45) is 0 Å². The summed E-state index contributed by atoms with van der Waals surface area (Å²) in [6, 6.07) is 13.6. The highest BCUT2D eigenvalue weighted by Crippen LogP contribution is 2.34. The van der Waals surface area contributed by atoms with Crippen LogP contribution in [0.4, 0.5) is 5.82 Å². The minimum atomic E-state index is 0.488. The van der Waals surface area contributed by atoms with E-state index in [-0.39, 0.29) is 0 Å². The highest BCUT2D eigenvalue weighted by atomic mass is 35.5. The van der Waals surface area contributed by atoms with Gasteiger partial charge in [-0.25, -0.2) is 9.97 Å². The van der Waals surface area contributed by atoms with Gasteiger partial charge in [0.2, 0.25) is 0 Å². The molecule has 0 aliphatic heterocycles. The highest BCUT2D eigenvalue weighted by molar-refractivity contribution is 6.43. The van der Waals surface area contributed by atoms with Crippen molar-refractivity contribution in [3.8, 4) is 11.4 Å². The van der Waals surface area contributed by atoms with Gasteiger partial charge in [-0.15, -0.1) is 0 Å². The molecule has 0 spiro atoms. The summed E-state index contributed by atoms with van der Waals surface area (Å²) in [5.74, 6) is 1.56. The van der Waals surface area contributed by atoms with E-state index < -0.39 is 0 Å². The van der Waals surface area contributed by atoms with Crippen molar-refractivity contribution in [3.05, 3.63) is 52.5 Å². The number of rotatable bonds is 6. The molecule has 0 saturated heterocycles. The second-order valence-electron chi connectivity index (χ2n) is 5.92. The Morgan fingerprint density at radius 1 is 0.960 bits per heavy atom. The topological polar surface area (TPSA) is 29.0 Å². The summed E-state index contributed by atoms with van der Waals surface area (Å²) in [6.45, 7) is 6.21. The lowest BCUT2D eigenvalue weighted by Gasteiger charge is -2.24. The van der Waals surface area contributed by atoms with Gasteiger partial charge in [0.05, 0.1) is 15.6 Å².